The maximum atomic E-state index is 10.8. The number of hydrogen-bond donors (Lipinski definition) is 2. The molecule has 0 bridgehead atoms. The normalized spacial score (nSPS) is 18.3. The molecule has 1 aromatic rings. The van der Waals surface area contributed by atoms with Crippen molar-refractivity contribution >= 4 is 11.3 Å². The maximum absolute atomic E-state index is 10.8. The molecular weight excluding hydrogens is 258 g/mol. The molecule has 0 amide bonds. The Morgan fingerprint density at radius 2 is 1.90 bits per heavy atom. The first-order valence-corrected chi connectivity index (χ1v) is 7.58. The highest BCUT2D eigenvalue weighted by Crippen LogP contribution is 2.37. The second kappa shape index (κ2) is 6.04. The zero-order valence-corrected chi connectivity index (χ0v) is 12.4. The Kier molecular flexibility index (Phi) is 3.96. The van der Waals surface area contributed by atoms with E-state index in [4.69, 9.17) is 0 Å². The molecule has 0 saturated carbocycles. The number of nitrogens with one attached hydrogen (secondary N) is 1. The number of allylic oxidation sites excluding steroid dienone is 7. The molecule has 2 aliphatic carbocycles. The van der Waals surface area contributed by atoms with Gasteiger partial charge in [-0.2, -0.15) is 0 Å². The summed E-state index contributed by atoms with van der Waals surface area (Å²) in [5.74, 6) is 0.432. The van der Waals surface area contributed by atoms with Gasteiger partial charge < -0.3 is 10.4 Å². The van der Waals surface area contributed by atoms with Crippen molar-refractivity contribution in [1.29, 1.82) is 0 Å². The molecule has 0 spiro atoms. The van der Waals surface area contributed by atoms with Crippen LogP contribution in [-0.2, 0) is 0 Å². The Bertz CT molecular complexity index is 662. The summed E-state index contributed by atoms with van der Waals surface area (Å²) in [5, 5.41) is 14.0. The van der Waals surface area contributed by atoms with Crippen LogP contribution in [0.5, 0.6) is 0 Å². The summed E-state index contributed by atoms with van der Waals surface area (Å²) in [7, 11) is 1.91. The molecule has 0 aliphatic heterocycles. The van der Waals surface area contributed by atoms with Crippen molar-refractivity contribution in [2.75, 3.05) is 12.4 Å². The van der Waals surface area contributed by atoms with E-state index in [-0.39, 0.29) is 0 Å². The van der Waals surface area contributed by atoms with E-state index in [1.165, 1.54) is 5.57 Å². The molecule has 108 valence electrons. The van der Waals surface area contributed by atoms with Gasteiger partial charge in [-0.3, -0.25) is 0 Å². The molecule has 0 aromatic heterocycles. The lowest BCUT2D eigenvalue weighted by Crippen LogP contribution is -2.05. The smallest absolute Gasteiger partial charge is 0.126 e. The van der Waals surface area contributed by atoms with Crippen LogP contribution in [0.15, 0.2) is 65.5 Å². The van der Waals surface area contributed by atoms with E-state index in [0.717, 1.165) is 48.1 Å². The predicted octanol–water partition coefficient (Wildman–Crippen LogP) is 4.99. The summed E-state index contributed by atoms with van der Waals surface area (Å²) >= 11 is 0. The van der Waals surface area contributed by atoms with Crippen LogP contribution < -0.4 is 5.32 Å². The minimum atomic E-state index is 0.432. The number of rotatable bonds is 3. The van der Waals surface area contributed by atoms with Crippen LogP contribution in [0.2, 0.25) is 0 Å². The van der Waals surface area contributed by atoms with E-state index in [1.54, 1.807) is 0 Å². The summed E-state index contributed by atoms with van der Waals surface area (Å²) in [4.78, 5) is 0. The highest BCUT2D eigenvalue weighted by atomic mass is 16.3. The van der Waals surface area contributed by atoms with E-state index in [2.05, 4.69) is 35.7 Å². The quantitative estimate of drug-likeness (QED) is 0.816. The lowest BCUT2D eigenvalue weighted by atomic mass is 9.86. The van der Waals surface area contributed by atoms with Crippen molar-refractivity contribution in [3.05, 3.63) is 71.0 Å². The van der Waals surface area contributed by atoms with Crippen LogP contribution in [0.1, 0.15) is 31.2 Å². The number of benzene rings is 1. The number of aliphatic hydroxyl groups is 1. The highest BCUT2D eigenvalue weighted by Gasteiger charge is 2.20. The van der Waals surface area contributed by atoms with Gasteiger partial charge in [0.25, 0.3) is 0 Å². The predicted molar refractivity (Wildman–Crippen MR) is 89.3 cm³/mol. The average molecular weight is 279 g/mol. The van der Waals surface area contributed by atoms with E-state index in [0.29, 0.717) is 5.76 Å². The van der Waals surface area contributed by atoms with Crippen LogP contribution in [0, 0.1) is 0 Å². The third-order valence-electron chi connectivity index (χ3n) is 4.11. The molecule has 2 N–H and O–H groups in total. The summed E-state index contributed by atoms with van der Waals surface area (Å²) in [6.07, 6.45) is 12.8. The first kappa shape index (κ1) is 13.7. The molecule has 0 fully saturated rings. The zero-order valence-electron chi connectivity index (χ0n) is 12.4. The Balaban J connectivity index is 2.03. The van der Waals surface area contributed by atoms with Gasteiger partial charge >= 0.3 is 0 Å². The molecule has 0 heterocycles. The lowest BCUT2D eigenvalue weighted by Gasteiger charge is -2.21. The van der Waals surface area contributed by atoms with Crippen LogP contribution in [0.25, 0.3) is 5.57 Å². The van der Waals surface area contributed by atoms with Crippen LogP contribution in [-0.4, -0.2) is 12.2 Å². The molecule has 0 atom stereocenters. The van der Waals surface area contributed by atoms with Gasteiger partial charge in [-0.1, -0.05) is 42.5 Å². The monoisotopic (exact) mass is 279 g/mol. The average Bonchev–Trinajstić information content (AvgIpc) is 2.56. The third-order valence-corrected chi connectivity index (χ3v) is 4.11. The molecule has 3 rings (SSSR count). The van der Waals surface area contributed by atoms with Crippen LogP contribution >= 0.6 is 0 Å². The molecule has 21 heavy (non-hydrogen) atoms. The molecular formula is C19H21NO. The number of para-hydroxylation sites is 1. The molecule has 0 unspecified atom stereocenters. The summed E-state index contributed by atoms with van der Waals surface area (Å²) in [6, 6.07) is 8.12. The van der Waals surface area contributed by atoms with Gasteiger partial charge in [0.15, 0.2) is 0 Å². The van der Waals surface area contributed by atoms with E-state index in [9.17, 15) is 5.11 Å². The first-order valence-electron chi connectivity index (χ1n) is 7.58. The second-order valence-corrected chi connectivity index (χ2v) is 5.42. The Morgan fingerprint density at radius 1 is 1.05 bits per heavy atom. The molecule has 1 aromatic carbocycles. The van der Waals surface area contributed by atoms with Crippen molar-refractivity contribution in [3.8, 4) is 0 Å². The maximum Gasteiger partial charge on any atom is 0.126 e. The summed E-state index contributed by atoms with van der Waals surface area (Å²) in [5.41, 5.74) is 5.32. The van der Waals surface area contributed by atoms with E-state index in [1.807, 2.05) is 25.2 Å². The molecule has 2 nitrogen and oxygen atoms in total. The van der Waals surface area contributed by atoms with E-state index >= 15 is 0 Å². The minimum absolute atomic E-state index is 0.432. The fourth-order valence-electron chi connectivity index (χ4n) is 3.03. The van der Waals surface area contributed by atoms with Gasteiger partial charge in [0, 0.05) is 29.4 Å². The Morgan fingerprint density at radius 3 is 2.67 bits per heavy atom. The van der Waals surface area contributed by atoms with Gasteiger partial charge in [-0.05, 0) is 37.3 Å². The van der Waals surface area contributed by atoms with Gasteiger partial charge in [0.1, 0.15) is 5.76 Å². The number of anilines is 1. The van der Waals surface area contributed by atoms with Gasteiger partial charge in [0.2, 0.25) is 0 Å². The third kappa shape index (κ3) is 2.66. The Labute approximate surface area is 126 Å². The largest absolute Gasteiger partial charge is 0.507 e. The van der Waals surface area contributed by atoms with Crippen molar-refractivity contribution in [3.63, 3.8) is 0 Å². The van der Waals surface area contributed by atoms with Gasteiger partial charge in [0.05, 0.1) is 0 Å². The standard InChI is InChI=1S/C19H21NO/c1-20-18-13-6-5-10-16(18)17-12-7-11-15(19(17)21)14-8-3-2-4-9-14/h3,5-6,8-10,12-13,20-21H,2,4,7,11H2,1H3. The molecule has 0 radical (unpaired) electrons. The molecule has 2 aliphatic rings. The summed E-state index contributed by atoms with van der Waals surface area (Å²) in [6.45, 7) is 0. The SMILES string of the molecule is CNc1ccccc1C1=CCCC(C2=CCCC=C2)=C1O. The first-order chi connectivity index (χ1) is 10.3. The molecule has 0 saturated heterocycles. The van der Waals surface area contributed by atoms with Gasteiger partial charge in [-0.15, -0.1) is 0 Å². The van der Waals surface area contributed by atoms with Crippen molar-refractivity contribution in [2.45, 2.75) is 25.7 Å². The molecule has 2 heteroatoms. The topological polar surface area (TPSA) is 32.3 Å². The fraction of sp³-hybridized carbons (Fsp3) is 0.263. The van der Waals surface area contributed by atoms with Crippen molar-refractivity contribution < 1.29 is 5.11 Å². The zero-order chi connectivity index (χ0) is 14.7. The fourth-order valence-corrected chi connectivity index (χ4v) is 3.03. The van der Waals surface area contributed by atoms with Crippen molar-refractivity contribution in [2.24, 2.45) is 0 Å². The van der Waals surface area contributed by atoms with Gasteiger partial charge in [-0.25, -0.2) is 0 Å². The van der Waals surface area contributed by atoms with Crippen LogP contribution in [0.3, 0.4) is 0 Å². The summed E-state index contributed by atoms with van der Waals surface area (Å²) < 4.78 is 0. The lowest BCUT2D eigenvalue weighted by molar-refractivity contribution is 0.427. The second-order valence-electron chi connectivity index (χ2n) is 5.42. The van der Waals surface area contributed by atoms with E-state index < -0.39 is 0 Å². The van der Waals surface area contributed by atoms with Crippen LogP contribution in [0.4, 0.5) is 5.69 Å². The Hall–Kier alpha value is -2.22. The minimum Gasteiger partial charge on any atom is -0.507 e. The number of aliphatic hydroxyl groups excluding tert-OH is 1. The number of hydrogen-bond acceptors (Lipinski definition) is 2. The highest BCUT2D eigenvalue weighted by molar-refractivity contribution is 5.86. The van der Waals surface area contributed by atoms with Crippen molar-refractivity contribution in [1.82, 2.24) is 0 Å².